The van der Waals surface area contributed by atoms with Gasteiger partial charge in [0.2, 0.25) is 5.95 Å². The number of halogens is 1. The van der Waals surface area contributed by atoms with E-state index >= 15 is 0 Å². The van der Waals surface area contributed by atoms with Crippen LogP contribution in [0.3, 0.4) is 0 Å². The van der Waals surface area contributed by atoms with Gasteiger partial charge in [-0.3, -0.25) is 0 Å². The zero-order chi connectivity index (χ0) is 24.2. The smallest absolute Gasteiger partial charge is 0.229 e. The highest BCUT2D eigenvalue weighted by molar-refractivity contribution is 7.70. The van der Waals surface area contributed by atoms with E-state index in [9.17, 15) is 4.57 Å². The van der Waals surface area contributed by atoms with Gasteiger partial charge in [-0.1, -0.05) is 23.7 Å². The molecule has 174 valence electrons. The van der Waals surface area contributed by atoms with E-state index in [0.717, 1.165) is 5.56 Å². The number of hydrogen-bond donors (Lipinski definition) is 3. The molecule has 10 heteroatoms. The minimum Gasteiger partial charge on any atom is -0.495 e. The lowest BCUT2D eigenvalue weighted by Gasteiger charge is -2.16. The summed E-state index contributed by atoms with van der Waals surface area (Å²) in [7, 11) is 2.93. The molecular weight excluding hydrogens is 459 g/mol. The predicted molar refractivity (Wildman–Crippen MR) is 139 cm³/mol. The van der Waals surface area contributed by atoms with Crippen LogP contribution in [0.4, 0.5) is 28.8 Å². The van der Waals surface area contributed by atoms with Crippen LogP contribution in [0.1, 0.15) is 5.56 Å². The van der Waals surface area contributed by atoms with Crippen LogP contribution in [0.5, 0.6) is 5.75 Å². The van der Waals surface area contributed by atoms with E-state index in [2.05, 4.69) is 20.6 Å². The molecule has 0 amide bonds. The first-order chi connectivity index (χ1) is 15.6. The molecule has 0 saturated carbocycles. The van der Waals surface area contributed by atoms with E-state index in [1.807, 2.05) is 61.6 Å². The van der Waals surface area contributed by atoms with Crippen LogP contribution in [0.25, 0.3) is 6.08 Å². The molecule has 0 spiro atoms. The van der Waals surface area contributed by atoms with Gasteiger partial charge in [-0.05, 0) is 49.9 Å². The summed E-state index contributed by atoms with van der Waals surface area (Å²) in [6, 6.07) is 11.0. The first-order valence-corrected chi connectivity index (χ1v) is 13.1. The molecule has 0 radical (unpaired) electrons. The Labute approximate surface area is 199 Å². The van der Waals surface area contributed by atoms with Crippen LogP contribution in [0, 0.1) is 0 Å². The second-order valence-electron chi connectivity index (χ2n) is 7.97. The normalized spacial score (nSPS) is 11.5. The van der Waals surface area contributed by atoms with Crippen molar-refractivity contribution in [1.29, 1.82) is 0 Å². The fourth-order valence-electron chi connectivity index (χ4n) is 3.06. The van der Waals surface area contributed by atoms with Crippen molar-refractivity contribution in [3.63, 3.8) is 0 Å². The van der Waals surface area contributed by atoms with Gasteiger partial charge in [0.1, 0.15) is 17.9 Å². The number of nitrogens with two attached hydrogens (primary N) is 1. The molecule has 4 N–H and O–H groups in total. The number of nitrogens with zero attached hydrogens (tertiary/aromatic N) is 3. The van der Waals surface area contributed by atoms with Crippen LogP contribution < -0.4 is 26.4 Å². The van der Waals surface area contributed by atoms with E-state index in [1.54, 1.807) is 26.5 Å². The van der Waals surface area contributed by atoms with Gasteiger partial charge in [0.25, 0.3) is 0 Å². The average molecular weight is 487 g/mol. The highest BCUT2D eigenvalue weighted by Gasteiger charge is 2.17. The molecule has 0 atom stereocenters. The standard InChI is InChI=1S/C23H28ClN6O2P/c1-30(2)11-10-15-12-20(32-3)19(13-17(15)25)28-23-26-14-16(24)22(29-23)27-18-8-6-7-9-21(18)33(4,5)31/h6-14H,25H2,1-5H3,(H2,26,27,28,29)/b11-10+. The molecule has 0 aliphatic rings. The van der Waals surface area contributed by atoms with Crippen molar-refractivity contribution in [3.05, 3.63) is 59.4 Å². The van der Waals surface area contributed by atoms with E-state index in [4.69, 9.17) is 22.1 Å². The van der Waals surface area contributed by atoms with Gasteiger partial charge in [-0.15, -0.1) is 0 Å². The van der Waals surface area contributed by atoms with Crippen LogP contribution >= 0.6 is 18.7 Å². The minimum atomic E-state index is -2.51. The first-order valence-electron chi connectivity index (χ1n) is 10.1. The molecule has 0 aliphatic heterocycles. The Kier molecular flexibility index (Phi) is 7.51. The van der Waals surface area contributed by atoms with Gasteiger partial charge in [0.15, 0.2) is 5.82 Å². The third-order valence-electron chi connectivity index (χ3n) is 4.69. The molecule has 1 heterocycles. The number of nitrogens with one attached hydrogen (secondary N) is 2. The number of ether oxygens (including phenoxy) is 1. The van der Waals surface area contributed by atoms with Crippen molar-refractivity contribution >= 4 is 59.0 Å². The van der Waals surface area contributed by atoms with Gasteiger partial charge in [-0.25, -0.2) is 4.98 Å². The molecular formula is C23H28ClN6O2P. The summed E-state index contributed by atoms with van der Waals surface area (Å²) in [5.74, 6) is 1.26. The van der Waals surface area contributed by atoms with E-state index < -0.39 is 7.14 Å². The molecule has 0 bridgehead atoms. The number of methoxy groups -OCH3 is 1. The maximum atomic E-state index is 12.7. The van der Waals surface area contributed by atoms with Gasteiger partial charge < -0.3 is 30.6 Å². The Balaban J connectivity index is 1.92. The zero-order valence-corrected chi connectivity index (χ0v) is 20.9. The van der Waals surface area contributed by atoms with Crippen LogP contribution in [-0.2, 0) is 4.57 Å². The van der Waals surface area contributed by atoms with Crippen LogP contribution in [0.2, 0.25) is 5.02 Å². The molecule has 1 aromatic heterocycles. The van der Waals surface area contributed by atoms with Crippen molar-refractivity contribution in [2.45, 2.75) is 0 Å². The molecule has 3 aromatic rings. The number of aromatic nitrogens is 2. The predicted octanol–water partition coefficient (Wildman–Crippen LogP) is 4.99. The molecule has 33 heavy (non-hydrogen) atoms. The lowest BCUT2D eigenvalue weighted by Crippen LogP contribution is -2.11. The van der Waals surface area contributed by atoms with Crippen LogP contribution in [-0.4, -0.2) is 49.4 Å². The Morgan fingerprint density at radius 3 is 2.55 bits per heavy atom. The number of para-hydroxylation sites is 1. The van der Waals surface area contributed by atoms with Gasteiger partial charge >= 0.3 is 0 Å². The van der Waals surface area contributed by atoms with Crippen molar-refractivity contribution in [3.8, 4) is 5.75 Å². The molecule has 8 nitrogen and oxygen atoms in total. The monoisotopic (exact) mass is 486 g/mol. The zero-order valence-electron chi connectivity index (χ0n) is 19.3. The van der Waals surface area contributed by atoms with Crippen LogP contribution in [0.15, 0.2) is 48.8 Å². The lowest BCUT2D eigenvalue weighted by atomic mass is 10.1. The maximum Gasteiger partial charge on any atom is 0.229 e. The highest BCUT2D eigenvalue weighted by atomic mass is 35.5. The van der Waals surface area contributed by atoms with Gasteiger partial charge in [0.05, 0.1) is 24.7 Å². The molecule has 2 aromatic carbocycles. The van der Waals surface area contributed by atoms with Crippen molar-refractivity contribution in [2.24, 2.45) is 0 Å². The number of nitrogen functional groups attached to an aromatic ring is 1. The summed E-state index contributed by atoms with van der Waals surface area (Å²) in [5, 5.41) is 7.36. The van der Waals surface area contributed by atoms with Crippen molar-refractivity contribution < 1.29 is 9.30 Å². The third kappa shape index (κ3) is 6.18. The topological polar surface area (TPSA) is 105 Å². The van der Waals surface area contributed by atoms with Gasteiger partial charge in [0, 0.05) is 30.7 Å². The quantitative estimate of drug-likeness (QED) is 0.302. The summed E-state index contributed by atoms with van der Waals surface area (Å²) in [6.07, 6.45) is 5.30. The molecule has 0 aliphatic carbocycles. The molecule has 0 unspecified atom stereocenters. The highest BCUT2D eigenvalue weighted by Crippen LogP contribution is 2.39. The fourth-order valence-corrected chi connectivity index (χ4v) is 4.36. The number of rotatable bonds is 8. The number of benzene rings is 2. The second-order valence-corrected chi connectivity index (χ2v) is 11.6. The van der Waals surface area contributed by atoms with Crippen molar-refractivity contribution in [1.82, 2.24) is 14.9 Å². The Morgan fingerprint density at radius 1 is 1.15 bits per heavy atom. The summed E-state index contributed by atoms with van der Waals surface area (Å²) in [6.45, 7) is 3.44. The SMILES string of the molecule is COc1cc(/C=C/N(C)C)c(N)cc1Nc1ncc(Cl)c(Nc2ccccc2P(C)(C)=O)n1. The largest absolute Gasteiger partial charge is 0.495 e. The average Bonchev–Trinajstić information content (AvgIpc) is 2.75. The Bertz CT molecular complexity index is 1230. The maximum absolute atomic E-state index is 12.7. The third-order valence-corrected chi connectivity index (χ3v) is 6.51. The molecule has 0 saturated heterocycles. The van der Waals surface area contributed by atoms with Gasteiger partial charge in [-0.2, -0.15) is 4.98 Å². The summed E-state index contributed by atoms with van der Waals surface area (Å²) < 4.78 is 18.2. The minimum absolute atomic E-state index is 0.296. The first kappa shape index (κ1) is 24.4. The van der Waals surface area contributed by atoms with E-state index in [-0.39, 0.29) is 0 Å². The molecule has 3 rings (SSSR count). The molecule has 0 fully saturated rings. The fraction of sp³-hybridized carbons (Fsp3) is 0.217. The summed E-state index contributed by atoms with van der Waals surface area (Å²) >= 11 is 6.34. The lowest BCUT2D eigenvalue weighted by molar-refractivity contribution is 0.416. The number of anilines is 5. The summed E-state index contributed by atoms with van der Waals surface area (Å²) in [5.41, 5.74) is 8.91. The van der Waals surface area contributed by atoms with Crippen molar-refractivity contribution in [2.75, 3.05) is 50.9 Å². The Morgan fingerprint density at radius 2 is 1.88 bits per heavy atom. The number of hydrogen-bond acceptors (Lipinski definition) is 8. The van der Waals surface area contributed by atoms with E-state index in [1.165, 1.54) is 6.20 Å². The second kappa shape index (κ2) is 10.1. The summed E-state index contributed by atoms with van der Waals surface area (Å²) in [4.78, 5) is 10.7. The Hall–Kier alpha value is -3.22. The van der Waals surface area contributed by atoms with E-state index in [0.29, 0.717) is 44.9 Å².